The third-order valence-corrected chi connectivity index (χ3v) is 3.09. The second-order valence-electron chi connectivity index (χ2n) is 4.59. The summed E-state index contributed by atoms with van der Waals surface area (Å²) in [5.74, 6) is 0.0550. The zero-order valence-electron chi connectivity index (χ0n) is 10.8. The van der Waals surface area contributed by atoms with Crippen LogP contribution in [0.1, 0.15) is 22.3 Å². The van der Waals surface area contributed by atoms with E-state index in [1.165, 1.54) is 11.1 Å². The number of aromatic nitrogens is 1. The van der Waals surface area contributed by atoms with Crippen LogP contribution < -0.4 is 5.32 Å². The third-order valence-electron chi connectivity index (χ3n) is 3.09. The Labute approximate surface area is 107 Å². The molecule has 18 heavy (non-hydrogen) atoms. The molecule has 0 aliphatic carbocycles. The number of nitrogens with one attached hydrogen (secondary N) is 2. The zero-order chi connectivity index (χ0) is 13.0. The summed E-state index contributed by atoms with van der Waals surface area (Å²) in [6.45, 7) is 4.72. The number of H-pyrrole nitrogens is 1. The van der Waals surface area contributed by atoms with Crippen LogP contribution >= 0.6 is 0 Å². The van der Waals surface area contributed by atoms with Gasteiger partial charge in [0.05, 0.1) is 6.42 Å². The predicted molar refractivity (Wildman–Crippen MR) is 72.3 cm³/mol. The van der Waals surface area contributed by atoms with E-state index in [-0.39, 0.29) is 5.91 Å². The van der Waals surface area contributed by atoms with Crippen LogP contribution in [0.3, 0.4) is 0 Å². The van der Waals surface area contributed by atoms with E-state index in [4.69, 9.17) is 0 Å². The maximum atomic E-state index is 11.8. The molecule has 2 N–H and O–H groups in total. The summed E-state index contributed by atoms with van der Waals surface area (Å²) in [7, 11) is 0. The van der Waals surface area contributed by atoms with Gasteiger partial charge in [0.25, 0.3) is 0 Å². The second kappa shape index (κ2) is 5.54. The lowest BCUT2D eigenvalue weighted by Crippen LogP contribution is -2.24. The fourth-order valence-corrected chi connectivity index (χ4v) is 1.83. The van der Waals surface area contributed by atoms with Crippen LogP contribution in [0.15, 0.2) is 36.7 Å². The molecule has 3 nitrogen and oxygen atoms in total. The van der Waals surface area contributed by atoms with Crippen molar-refractivity contribution < 1.29 is 4.79 Å². The van der Waals surface area contributed by atoms with Crippen molar-refractivity contribution in [3.63, 3.8) is 0 Å². The molecule has 94 valence electrons. The van der Waals surface area contributed by atoms with E-state index in [1.807, 2.05) is 24.5 Å². The summed E-state index contributed by atoms with van der Waals surface area (Å²) in [5, 5.41) is 2.91. The van der Waals surface area contributed by atoms with Gasteiger partial charge in [0.2, 0.25) is 5.91 Å². The Kier molecular flexibility index (Phi) is 3.82. The molecule has 0 spiro atoms. The highest BCUT2D eigenvalue weighted by Crippen LogP contribution is 2.10. The molecule has 0 saturated carbocycles. The average molecular weight is 242 g/mol. The predicted octanol–water partition coefficient (Wildman–Crippen LogP) is 2.49. The quantitative estimate of drug-likeness (QED) is 0.850. The zero-order valence-corrected chi connectivity index (χ0v) is 10.8. The Morgan fingerprint density at radius 1 is 1.17 bits per heavy atom. The Balaban J connectivity index is 1.88. The molecule has 0 radical (unpaired) electrons. The van der Waals surface area contributed by atoms with E-state index in [0.717, 1.165) is 11.1 Å². The first-order valence-corrected chi connectivity index (χ1v) is 6.09. The highest BCUT2D eigenvalue weighted by Gasteiger charge is 2.04. The SMILES string of the molecule is Cc1ccc(CC(=O)NCc2cc[nH]c2)cc1C. The molecular weight excluding hydrogens is 224 g/mol. The van der Waals surface area contributed by atoms with Crippen LogP contribution in [0.2, 0.25) is 0 Å². The third kappa shape index (κ3) is 3.23. The van der Waals surface area contributed by atoms with Crippen LogP contribution in [0.5, 0.6) is 0 Å². The number of hydrogen-bond acceptors (Lipinski definition) is 1. The molecule has 0 unspecified atom stereocenters. The Morgan fingerprint density at radius 3 is 2.67 bits per heavy atom. The molecule has 0 aliphatic rings. The van der Waals surface area contributed by atoms with E-state index >= 15 is 0 Å². The smallest absolute Gasteiger partial charge is 0.224 e. The fourth-order valence-electron chi connectivity index (χ4n) is 1.83. The number of aromatic amines is 1. The highest BCUT2D eigenvalue weighted by molar-refractivity contribution is 5.78. The molecule has 0 fully saturated rings. The van der Waals surface area contributed by atoms with E-state index in [1.54, 1.807) is 0 Å². The van der Waals surface area contributed by atoms with Gasteiger partial charge in [-0.15, -0.1) is 0 Å². The maximum Gasteiger partial charge on any atom is 0.224 e. The van der Waals surface area contributed by atoms with Crippen molar-refractivity contribution in [3.05, 3.63) is 58.9 Å². The molecule has 3 heteroatoms. The van der Waals surface area contributed by atoms with Crippen molar-refractivity contribution in [2.75, 3.05) is 0 Å². The largest absolute Gasteiger partial charge is 0.367 e. The van der Waals surface area contributed by atoms with Crippen molar-refractivity contribution in [1.82, 2.24) is 10.3 Å². The van der Waals surface area contributed by atoms with Gasteiger partial charge in [-0.3, -0.25) is 4.79 Å². The Morgan fingerprint density at radius 2 is 2.00 bits per heavy atom. The van der Waals surface area contributed by atoms with Crippen LogP contribution in [-0.2, 0) is 17.8 Å². The number of amides is 1. The number of hydrogen-bond donors (Lipinski definition) is 2. The molecule has 2 rings (SSSR count). The first kappa shape index (κ1) is 12.4. The highest BCUT2D eigenvalue weighted by atomic mass is 16.1. The Bertz CT molecular complexity index is 529. The van der Waals surface area contributed by atoms with Crippen molar-refractivity contribution >= 4 is 5.91 Å². The van der Waals surface area contributed by atoms with Gasteiger partial charge in [-0.1, -0.05) is 18.2 Å². The molecule has 2 aromatic rings. The summed E-state index contributed by atoms with van der Waals surface area (Å²) < 4.78 is 0. The first-order chi connectivity index (χ1) is 8.65. The molecule has 1 amide bonds. The molecular formula is C15H18N2O. The summed E-state index contributed by atoms with van der Waals surface area (Å²) in [5.41, 5.74) is 4.63. The number of benzene rings is 1. The summed E-state index contributed by atoms with van der Waals surface area (Å²) in [4.78, 5) is 14.7. The average Bonchev–Trinajstić information content (AvgIpc) is 2.84. The van der Waals surface area contributed by atoms with E-state index < -0.39 is 0 Å². The van der Waals surface area contributed by atoms with Crippen molar-refractivity contribution in [2.45, 2.75) is 26.8 Å². The Hall–Kier alpha value is -2.03. The van der Waals surface area contributed by atoms with Gasteiger partial charge in [-0.2, -0.15) is 0 Å². The number of carbonyl (C=O) groups excluding carboxylic acids is 1. The van der Waals surface area contributed by atoms with Crippen LogP contribution in [0.25, 0.3) is 0 Å². The molecule has 1 heterocycles. The minimum Gasteiger partial charge on any atom is -0.367 e. The van der Waals surface area contributed by atoms with Gasteiger partial charge in [0.1, 0.15) is 0 Å². The van der Waals surface area contributed by atoms with Crippen LogP contribution in [0.4, 0.5) is 0 Å². The number of aryl methyl sites for hydroxylation is 2. The molecule has 0 bridgehead atoms. The standard InChI is InChI=1S/C15H18N2O/c1-11-3-4-13(7-12(11)2)8-15(18)17-10-14-5-6-16-9-14/h3-7,9,16H,8,10H2,1-2H3,(H,17,18). The van der Waals surface area contributed by atoms with Crippen LogP contribution in [0, 0.1) is 13.8 Å². The lowest BCUT2D eigenvalue weighted by Gasteiger charge is -2.06. The van der Waals surface area contributed by atoms with E-state index in [0.29, 0.717) is 13.0 Å². The molecule has 1 aromatic carbocycles. The topological polar surface area (TPSA) is 44.9 Å². The minimum atomic E-state index is 0.0550. The molecule has 0 atom stereocenters. The summed E-state index contributed by atoms with van der Waals surface area (Å²) >= 11 is 0. The second-order valence-corrected chi connectivity index (χ2v) is 4.59. The van der Waals surface area contributed by atoms with E-state index in [2.05, 4.69) is 36.3 Å². The fraction of sp³-hybridized carbons (Fsp3) is 0.267. The van der Waals surface area contributed by atoms with E-state index in [9.17, 15) is 4.79 Å². The number of rotatable bonds is 4. The molecule has 0 aliphatic heterocycles. The van der Waals surface area contributed by atoms with Gasteiger partial charge in [0, 0.05) is 18.9 Å². The monoisotopic (exact) mass is 242 g/mol. The van der Waals surface area contributed by atoms with Gasteiger partial charge in [-0.05, 0) is 42.2 Å². The maximum absolute atomic E-state index is 11.8. The van der Waals surface area contributed by atoms with Crippen molar-refractivity contribution in [3.8, 4) is 0 Å². The summed E-state index contributed by atoms with van der Waals surface area (Å²) in [6, 6.07) is 8.10. The van der Waals surface area contributed by atoms with Crippen molar-refractivity contribution in [1.29, 1.82) is 0 Å². The van der Waals surface area contributed by atoms with Gasteiger partial charge in [0.15, 0.2) is 0 Å². The van der Waals surface area contributed by atoms with Crippen molar-refractivity contribution in [2.24, 2.45) is 0 Å². The van der Waals surface area contributed by atoms with Gasteiger partial charge in [-0.25, -0.2) is 0 Å². The van der Waals surface area contributed by atoms with Gasteiger partial charge < -0.3 is 10.3 Å². The lowest BCUT2D eigenvalue weighted by atomic mass is 10.0. The van der Waals surface area contributed by atoms with Crippen LogP contribution in [-0.4, -0.2) is 10.9 Å². The minimum absolute atomic E-state index is 0.0550. The first-order valence-electron chi connectivity index (χ1n) is 6.09. The lowest BCUT2D eigenvalue weighted by molar-refractivity contribution is -0.120. The normalized spacial score (nSPS) is 10.3. The molecule has 1 aromatic heterocycles. The van der Waals surface area contributed by atoms with Gasteiger partial charge >= 0.3 is 0 Å². The molecule has 0 saturated heterocycles. The number of carbonyl (C=O) groups is 1. The summed E-state index contributed by atoms with van der Waals surface area (Å²) in [6.07, 6.45) is 4.17.